The van der Waals surface area contributed by atoms with Crippen LogP contribution >= 0.6 is 15.9 Å². The number of rotatable bonds is 3. The Bertz CT molecular complexity index is 935. The number of anilines is 2. The first-order chi connectivity index (χ1) is 13.4. The molecule has 28 heavy (non-hydrogen) atoms. The van der Waals surface area contributed by atoms with E-state index in [9.17, 15) is 9.59 Å². The summed E-state index contributed by atoms with van der Waals surface area (Å²) < 4.78 is 6.09. The van der Waals surface area contributed by atoms with Crippen LogP contribution in [-0.4, -0.2) is 31.6 Å². The molecule has 1 aliphatic carbocycles. The Morgan fingerprint density at radius 2 is 1.82 bits per heavy atom. The largest absolute Gasteiger partial charge is 0.467 e. The zero-order valence-corrected chi connectivity index (χ0v) is 17.6. The third kappa shape index (κ3) is 2.82. The molecule has 0 saturated heterocycles. The van der Waals surface area contributed by atoms with Gasteiger partial charge >= 0.3 is 5.97 Å². The highest BCUT2D eigenvalue weighted by Crippen LogP contribution is 2.52. The van der Waals surface area contributed by atoms with E-state index in [1.165, 1.54) is 7.11 Å². The van der Waals surface area contributed by atoms with E-state index in [0.29, 0.717) is 25.7 Å². The molecule has 2 aromatic carbocycles. The molecule has 5 nitrogen and oxygen atoms in total. The van der Waals surface area contributed by atoms with Crippen molar-refractivity contribution in [2.75, 3.05) is 24.4 Å². The number of ether oxygens (including phenoxy) is 1. The fourth-order valence-electron chi connectivity index (χ4n) is 4.72. The topological polar surface area (TPSA) is 58.6 Å². The lowest BCUT2D eigenvalue weighted by atomic mass is 9.64. The van der Waals surface area contributed by atoms with Crippen molar-refractivity contribution < 1.29 is 14.3 Å². The maximum Gasteiger partial charge on any atom is 0.331 e. The van der Waals surface area contributed by atoms with Crippen molar-refractivity contribution in [3.8, 4) is 0 Å². The van der Waals surface area contributed by atoms with E-state index in [0.717, 1.165) is 21.4 Å². The molecular weight excluding hydrogens is 420 g/mol. The van der Waals surface area contributed by atoms with Gasteiger partial charge in [-0.25, -0.2) is 4.79 Å². The molecule has 6 heteroatoms. The number of methoxy groups -OCH3 is 1. The number of nitrogens with zero attached hydrogens (tertiary/aromatic N) is 1. The minimum Gasteiger partial charge on any atom is -0.467 e. The number of carbonyl (C=O) groups is 2. The summed E-state index contributed by atoms with van der Waals surface area (Å²) in [5, 5.41) is 3.41. The van der Waals surface area contributed by atoms with Crippen LogP contribution in [0.5, 0.6) is 0 Å². The average Bonchev–Trinajstić information content (AvgIpc) is 2.92. The van der Waals surface area contributed by atoms with Crippen molar-refractivity contribution in [3.05, 3.63) is 58.6 Å². The molecule has 4 rings (SSSR count). The zero-order valence-electron chi connectivity index (χ0n) is 16.0. The van der Waals surface area contributed by atoms with Gasteiger partial charge in [0.15, 0.2) is 0 Å². The number of para-hydroxylation sites is 1. The van der Waals surface area contributed by atoms with E-state index in [1.54, 1.807) is 4.90 Å². The fraction of sp³-hybridized carbons (Fsp3) is 0.364. The Kier molecular flexibility index (Phi) is 4.70. The molecule has 0 bridgehead atoms. The predicted octanol–water partition coefficient (Wildman–Crippen LogP) is 4.26. The van der Waals surface area contributed by atoms with Crippen LogP contribution in [0.4, 0.5) is 11.4 Å². The molecule has 1 N–H and O–H groups in total. The second-order valence-corrected chi connectivity index (χ2v) is 8.59. The normalized spacial score (nSPS) is 26.2. The second kappa shape index (κ2) is 6.92. The van der Waals surface area contributed by atoms with Gasteiger partial charge in [-0.2, -0.15) is 0 Å². The SMILES string of the molecule is COC(=O)C1(Nc2cccc(Br)c2)CCC2(CC1)C(=O)N(C)c1ccccc12. The maximum atomic E-state index is 13.2. The number of halogens is 1. The summed E-state index contributed by atoms with van der Waals surface area (Å²) >= 11 is 3.47. The third-order valence-electron chi connectivity index (χ3n) is 6.24. The van der Waals surface area contributed by atoms with Gasteiger partial charge in [0.2, 0.25) is 5.91 Å². The van der Waals surface area contributed by atoms with Gasteiger partial charge in [0.1, 0.15) is 5.54 Å². The molecule has 0 unspecified atom stereocenters. The van der Waals surface area contributed by atoms with Crippen molar-refractivity contribution in [2.45, 2.75) is 36.6 Å². The highest BCUT2D eigenvalue weighted by Gasteiger charge is 2.56. The number of nitrogens with one attached hydrogen (secondary N) is 1. The molecule has 2 aromatic rings. The van der Waals surface area contributed by atoms with Crippen LogP contribution in [0.1, 0.15) is 31.2 Å². The van der Waals surface area contributed by atoms with E-state index in [4.69, 9.17) is 4.74 Å². The lowest BCUT2D eigenvalue weighted by Gasteiger charge is -2.43. The summed E-state index contributed by atoms with van der Waals surface area (Å²) in [7, 11) is 3.25. The number of carbonyl (C=O) groups excluding carboxylic acids is 2. The van der Waals surface area contributed by atoms with Gasteiger partial charge in [-0.15, -0.1) is 0 Å². The summed E-state index contributed by atoms with van der Waals surface area (Å²) in [5.41, 5.74) is 1.51. The highest BCUT2D eigenvalue weighted by molar-refractivity contribution is 9.10. The number of benzene rings is 2. The van der Waals surface area contributed by atoms with E-state index in [2.05, 4.69) is 21.2 Å². The first kappa shape index (κ1) is 19.0. The average molecular weight is 443 g/mol. The van der Waals surface area contributed by atoms with E-state index in [-0.39, 0.29) is 11.9 Å². The summed E-state index contributed by atoms with van der Waals surface area (Å²) in [5.74, 6) is -0.163. The van der Waals surface area contributed by atoms with Crippen molar-refractivity contribution in [1.82, 2.24) is 0 Å². The zero-order chi connectivity index (χ0) is 19.9. The molecule has 1 spiro atoms. The Labute approximate surface area is 173 Å². The van der Waals surface area contributed by atoms with Crippen molar-refractivity contribution in [3.63, 3.8) is 0 Å². The number of esters is 1. The Balaban J connectivity index is 1.66. The Morgan fingerprint density at radius 3 is 2.50 bits per heavy atom. The summed E-state index contributed by atoms with van der Waals surface area (Å²) in [6.45, 7) is 0. The standard InChI is InChI=1S/C22H23BrN2O3/c1-25-18-9-4-3-8-17(18)21(19(25)26)10-12-22(13-11-21,20(27)28-2)24-16-7-5-6-15(23)14-16/h3-9,14,24H,10-13H2,1-2H3. The van der Waals surface area contributed by atoms with E-state index in [1.807, 2.05) is 55.6 Å². The van der Waals surface area contributed by atoms with E-state index < -0.39 is 11.0 Å². The number of hydrogen-bond donors (Lipinski definition) is 1. The first-order valence-corrected chi connectivity index (χ1v) is 10.2. The van der Waals surface area contributed by atoms with E-state index >= 15 is 0 Å². The number of fused-ring (bicyclic) bond motifs is 2. The molecule has 1 aliphatic heterocycles. The molecule has 0 atom stereocenters. The molecule has 146 valence electrons. The lowest BCUT2D eigenvalue weighted by Crippen LogP contribution is -2.54. The van der Waals surface area contributed by atoms with Gasteiger partial charge in [-0.05, 0) is 55.5 Å². The van der Waals surface area contributed by atoms with Crippen molar-refractivity contribution >= 4 is 39.2 Å². The van der Waals surface area contributed by atoms with Crippen LogP contribution in [0.15, 0.2) is 53.0 Å². The van der Waals surface area contributed by atoms with Crippen LogP contribution in [0.2, 0.25) is 0 Å². The summed E-state index contributed by atoms with van der Waals surface area (Å²) in [4.78, 5) is 27.7. The minimum atomic E-state index is -0.836. The monoisotopic (exact) mass is 442 g/mol. The highest BCUT2D eigenvalue weighted by atomic mass is 79.9. The molecule has 0 radical (unpaired) electrons. The Hall–Kier alpha value is -2.34. The molecule has 2 aliphatic rings. The van der Waals surface area contributed by atoms with Gasteiger partial charge in [0, 0.05) is 22.9 Å². The number of likely N-dealkylation sites (N-methyl/N-ethyl adjacent to an activating group) is 1. The van der Waals surface area contributed by atoms with Crippen LogP contribution in [0, 0.1) is 0 Å². The summed E-state index contributed by atoms with van der Waals surface area (Å²) in [6.07, 6.45) is 2.26. The van der Waals surface area contributed by atoms with Crippen LogP contribution in [-0.2, 0) is 19.7 Å². The number of amides is 1. The van der Waals surface area contributed by atoms with Gasteiger partial charge < -0.3 is 15.0 Å². The van der Waals surface area contributed by atoms with Gasteiger partial charge in [-0.1, -0.05) is 40.2 Å². The summed E-state index contributed by atoms with van der Waals surface area (Å²) in [6, 6.07) is 15.7. The minimum absolute atomic E-state index is 0.120. The van der Waals surface area contributed by atoms with Crippen molar-refractivity contribution in [1.29, 1.82) is 0 Å². The van der Waals surface area contributed by atoms with Gasteiger partial charge in [-0.3, -0.25) is 4.79 Å². The van der Waals surface area contributed by atoms with Crippen LogP contribution < -0.4 is 10.2 Å². The predicted molar refractivity (Wildman–Crippen MR) is 113 cm³/mol. The van der Waals surface area contributed by atoms with Crippen LogP contribution in [0.25, 0.3) is 0 Å². The van der Waals surface area contributed by atoms with Gasteiger partial charge in [0.05, 0.1) is 12.5 Å². The molecule has 1 saturated carbocycles. The molecule has 1 amide bonds. The first-order valence-electron chi connectivity index (χ1n) is 9.42. The van der Waals surface area contributed by atoms with Crippen molar-refractivity contribution in [2.24, 2.45) is 0 Å². The lowest BCUT2D eigenvalue weighted by molar-refractivity contribution is -0.148. The quantitative estimate of drug-likeness (QED) is 0.721. The molecule has 1 heterocycles. The third-order valence-corrected chi connectivity index (χ3v) is 6.73. The van der Waals surface area contributed by atoms with Crippen LogP contribution in [0.3, 0.4) is 0 Å². The molecule has 1 fully saturated rings. The van der Waals surface area contributed by atoms with Gasteiger partial charge in [0.25, 0.3) is 0 Å². The molecule has 0 aromatic heterocycles. The molecular formula is C22H23BrN2O3. The maximum absolute atomic E-state index is 13.2. The number of hydrogen-bond acceptors (Lipinski definition) is 4. The Morgan fingerprint density at radius 1 is 1.11 bits per heavy atom. The fourth-order valence-corrected chi connectivity index (χ4v) is 5.12. The smallest absolute Gasteiger partial charge is 0.331 e. The second-order valence-electron chi connectivity index (χ2n) is 7.67.